The number of likely N-dealkylation sites (N-methyl/N-ethyl adjacent to an activating group) is 3. The number of ketones is 3. The van der Waals surface area contributed by atoms with Crippen molar-refractivity contribution in [1.82, 2.24) is 14.7 Å². The van der Waals surface area contributed by atoms with Crippen molar-refractivity contribution < 1.29 is 124 Å². The van der Waals surface area contributed by atoms with Gasteiger partial charge >= 0.3 is 36.2 Å². The fraction of sp³-hybridized carbons (Fsp3) is 0.391. The molecule has 1 unspecified atom stereocenters. The van der Waals surface area contributed by atoms with Crippen LogP contribution in [0.15, 0.2) is 146 Å². The average molecular weight is 1600 g/mol. The summed E-state index contributed by atoms with van der Waals surface area (Å²) in [6.07, 6.45) is 15.8. The molecule has 24 nitrogen and oxygen atoms in total. The van der Waals surface area contributed by atoms with E-state index in [2.05, 4.69) is 0 Å². The minimum absolute atomic E-state index is 0. The number of benzene rings is 3. The van der Waals surface area contributed by atoms with E-state index in [4.69, 9.17) is 81.5 Å². The lowest BCUT2D eigenvalue weighted by molar-refractivity contribution is -0.728. The van der Waals surface area contributed by atoms with E-state index in [9.17, 15) is 43.2 Å². The Morgan fingerprint density at radius 3 is 0.873 bits per heavy atom. The molecule has 3 aliphatic rings. The lowest BCUT2D eigenvalue weighted by Gasteiger charge is -2.43. The van der Waals surface area contributed by atoms with Crippen LogP contribution in [0, 0.1) is 0 Å². The van der Waals surface area contributed by atoms with E-state index in [1.165, 1.54) is 14.7 Å². The minimum Gasteiger partial charge on any atom is -1.00 e. The van der Waals surface area contributed by atoms with Crippen LogP contribution in [0.3, 0.4) is 0 Å². The molecular formula is C69H84Cl9N9O15. The number of Topliss-reactive ketones (excluding diaryl/α,β-unsaturated/α-hetero) is 3. The van der Waals surface area contributed by atoms with E-state index in [1.807, 2.05) is 0 Å². The molecule has 0 aliphatic heterocycles. The molecular weight excluding hydrogens is 1510 g/mol. The van der Waals surface area contributed by atoms with Gasteiger partial charge in [-0.3, -0.25) is 43.5 Å². The second-order valence-electron chi connectivity index (χ2n) is 23.8. The topological polar surface area (TPSA) is 341 Å². The highest BCUT2D eigenvalue weighted by atomic mass is 35.5. The lowest BCUT2D eigenvalue weighted by Crippen LogP contribution is -3.00. The SMILES string of the molecule is CN(C(=O)OC[n+]1cccc(C[C@H](N)C(=O)O)c1)C1(c2ccccc2Cl)CCCCC1=O.CN(C(=O)OC[n+]1cccc(C[C@H](N)C(=O)O)c1)[C@@]1(c2ccccc2Cl)CCCCC1=O.CN(C(=O)OC[n+]1cccc(C[C@H](N)C(=O)O)c1)[C@]1(c2ccccc2Cl)CCCCC1=O.Cl.Cl.Cl.[Cl-].[Cl-].[Cl-]. The Kier molecular flexibility index (Phi) is 39.3. The summed E-state index contributed by atoms with van der Waals surface area (Å²) in [5.74, 6) is -3.45. The smallest absolute Gasteiger partial charge is 0.415 e. The van der Waals surface area contributed by atoms with Crippen molar-refractivity contribution in [3.05, 3.63) is 195 Å². The standard InChI is InChI=1S/3C23H26ClN3O5.6ClH/c3*1-26(23(11-5-4-10-20(23)28)17-8-2-3-9-18(17)24)22(31)32-15-27-12-6-7-16(14-27)13-19(25)21(29)30;;;;;;/h3*2-3,6-9,12,14,19H,4-5,10-11,13,15,25H2,1H3;6*1H/t19-,23?;19-,23+;19-,23-;;;;;;/m000....../s1. The Balaban J connectivity index is 0.000000743. The van der Waals surface area contributed by atoms with Crippen LogP contribution in [0.2, 0.25) is 15.1 Å². The normalized spacial score (nSPS) is 18.1. The number of aliphatic carboxylic acids is 3. The zero-order valence-corrected chi connectivity index (χ0v) is 62.9. The van der Waals surface area contributed by atoms with Gasteiger partial charge in [0.05, 0.1) is 0 Å². The van der Waals surface area contributed by atoms with E-state index in [1.54, 1.807) is 181 Å². The fourth-order valence-corrected chi connectivity index (χ4v) is 13.3. The summed E-state index contributed by atoms with van der Waals surface area (Å²) in [6, 6.07) is 28.6. The Bertz CT molecular complexity index is 3450. The zero-order valence-electron chi connectivity index (χ0n) is 56.0. The summed E-state index contributed by atoms with van der Waals surface area (Å²) in [6.45, 7) is -0.315. The first-order valence-electron chi connectivity index (χ1n) is 31.2. The highest BCUT2D eigenvalue weighted by molar-refractivity contribution is 6.32. The summed E-state index contributed by atoms with van der Waals surface area (Å²) in [7, 11) is 4.67. The molecule has 3 amide bonds. The van der Waals surface area contributed by atoms with Crippen LogP contribution in [0.4, 0.5) is 14.4 Å². The van der Waals surface area contributed by atoms with E-state index in [0.29, 0.717) is 87.0 Å². The van der Waals surface area contributed by atoms with Crippen LogP contribution < -0.4 is 68.1 Å². The first-order valence-corrected chi connectivity index (χ1v) is 32.4. The number of nitrogens with two attached hydrogens (primary N) is 3. The number of hydrogen-bond acceptors (Lipinski definition) is 15. The summed E-state index contributed by atoms with van der Waals surface area (Å²) in [5, 5.41) is 28.3. The Morgan fingerprint density at radius 2 is 0.657 bits per heavy atom. The van der Waals surface area contributed by atoms with Crippen LogP contribution in [-0.2, 0) is 99.0 Å². The predicted octanol–water partition coefficient (Wildman–Crippen LogP) is 0.217. The maximum atomic E-state index is 13.1. The van der Waals surface area contributed by atoms with Crippen LogP contribution in [-0.4, -0.2) is 123 Å². The molecule has 102 heavy (non-hydrogen) atoms. The van der Waals surface area contributed by atoms with Gasteiger partial charge in [-0.15, -0.1) is 37.2 Å². The molecule has 9 rings (SSSR count). The van der Waals surface area contributed by atoms with E-state index >= 15 is 0 Å². The average Bonchev–Trinajstić information content (AvgIpc) is 0.767. The number of rotatable bonds is 21. The molecule has 3 aromatic carbocycles. The zero-order chi connectivity index (χ0) is 69.9. The number of carboxylic acids is 3. The number of ether oxygens (including phenoxy) is 3. The molecule has 0 radical (unpaired) electrons. The van der Waals surface area contributed by atoms with Gasteiger partial charge in [0.25, 0.3) is 20.2 Å². The van der Waals surface area contributed by atoms with Gasteiger partial charge in [-0.05, 0) is 94.2 Å². The number of carbonyl (C=O) groups excluding carboxylic acids is 6. The van der Waals surface area contributed by atoms with Crippen LogP contribution >= 0.6 is 72.0 Å². The third kappa shape index (κ3) is 22.9. The third-order valence-electron chi connectivity index (χ3n) is 17.5. The molecule has 3 heterocycles. The van der Waals surface area contributed by atoms with Crippen LogP contribution in [0.25, 0.3) is 0 Å². The summed E-state index contributed by atoms with van der Waals surface area (Å²) < 4.78 is 21.3. The van der Waals surface area contributed by atoms with Gasteiger partial charge in [0.15, 0.2) is 54.5 Å². The number of carbonyl (C=O) groups is 9. The van der Waals surface area contributed by atoms with E-state index in [0.717, 1.165) is 38.5 Å². The Morgan fingerprint density at radius 1 is 0.422 bits per heavy atom. The Hall–Kier alpha value is -7.17. The van der Waals surface area contributed by atoms with Gasteiger partial charge in [-0.25, -0.2) is 14.4 Å². The van der Waals surface area contributed by atoms with Crippen molar-refractivity contribution in [2.45, 2.75) is 151 Å². The third-order valence-corrected chi connectivity index (χ3v) is 18.5. The van der Waals surface area contributed by atoms with Crippen molar-refractivity contribution in [2.75, 3.05) is 21.1 Å². The largest absolute Gasteiger partial charge is 1.00 e. The highest BCUT2D eigenvalue weighted by Crippen LogP contribution is 2.45. The minimum atomic E-state index is -1.17. The molecule has 6 aromatic rings. The first-order chi connectivity index (χ1) is 45.8. The molecule has 0 saturated heterocycles. The summed E-state index contributed by atoms with van der Waals surface area (Å²) in [4.78, 5) is 115. The van der Waals surface area contributed by atoms with Gasteiger partial charge in [0.1, 0.15) is 34.7 Å². The number of carboxylic acid groups (broad SMARTS) is 3. The van der Waals surface area contributed by atoms with Crippen molar-refractivity contribution >= 4 is 126 Å². The van der Waals surface area contributed by atoms with Crippen molar-refractivity contribution in [3.8, 4) is 0 Å². The number of aromatic nitrogens is 3. The lowest BCUT2D eigenvalue weighted by atomic mass is 9.74. The van der Waals surface area contributed by atoms with Crippen molar-refractivity contribution in [3.63, 3.8) is 0 Å². The second kappa shape index (κ2) is 43.2. The number of halogens is 9. The van der Waals surface area contributed by atoms with Crippen molar-refractivity contribution in [2.24, 2.45) is 17.2 Å². The predicted molar refractivity (Wildman–Crippen MR) is 372 cm³/mol. The molecule has 3 aliphatic carbocycles. The van der Waals surface area contributed by atoms with Crippen molar-refractivity contribution in [1.29, 1.82) is 0 Å². The van der Waals surface area contributed by atoms with E-state index < -0.39 is 70.9 Å². The number of pyridine rings is 3. The molecule has 558 valence electrons. The number of nitrogens with zero attached hydrogens (tertiary/aromatic N) is 6. The molecule has 0 spiro atoms. The monoisotopic (exact) mass is 1590 g/mol. The quantitative estimate of drug-likeness (QED) is 0.0415. The van der Waals surface area contributed by atoms with Crippen LogP contribution in [0.1, 0.15) is 110 Å². The van der Waals surface area contributed by atoms with Gasteiger partial charge < -0.3 is 84.0 Å². The van der Waals surface area contributed by atoms with Crippen LogP contribution in [0.5, 0.6) is 0 Å². The van der Waals surface area contributed by atoms with Gasteiger partial charge in [-0.1, -0.05) is 89.4 Å². The fourth-order valence-electron chi connectivity index (χ4n) is 12.4. The maximum absolute atomic E-state index is 13.1. The molecule has 9 N–H and O–H groups in total. The number of amides is 3. The summed E-state index contributed by atoms with van der Waals surface area (Å²) >= 11 is 19.3. The molecule has 3 aromatic heterocycles. The maximum Gasteiger partial charge on any atom is 0.415 e. The van der Waals surface area contributed by atoms with E-state index in [-0.39, 0.29) is 131 Å². The molecule has 3 fully saturated rings. The Labute approximate surface area is 643 Å². The van der Waals surface area contributed by atoms with Gasteiger partial charge in [0, 0.05) is 126 Å². The highest BCUT2D eigenvalue weighted by Gasteiger charge is 2.51. The van der Waals surface area contributed by atoms with Gasteiger partial charge in [0.2, 0.25) is 0 Å². The molecule has 33 heteroatoms. The molecule has 6 atom stereocenters. The second-order valence-corrected chi connectivity index (χ2v) is 25.1. The number of hydrogen-bond donors (Lipinski definition) is 6. The molecule has 3 saturated carbocycles. The first kappa shape index (κ1) is 92.8. The molecule has 0 bridgehead atoms. The van der Waals surface area contributed by atoms with Gasteiger partial charge in [-0.2, -0.15) is 13.7 Å². The summed E-state index contributed by atoms with van der Waals surface area (Å²) in [5.41, 5.74) is 17.2.